The molecule has 1 aromatic carbocycles. The number of carboxylic acid groups (broad SMARTS) is 1. The van der Waals surface area contributed by atoms with Crippen LogP contribution in [0.3, 0.4) is 0 Å². The predicted molar refractivity (Wildman–Crippen MR) is 64.7 cm³/mol. The van der Waals surface area contributed by atoms with E-state index in [0.717, 1.165) is 11.1 Å². The molecule has 1 unspecified atom stereocenters. The van der Waals surface area contributed by atoms with Crippen molar-refractivity contribution in [1.29, 1.82) is 0 Å². The van der Waals surface area contributed by atoms with E-state index >= 15 is 0 Å². The standard InChI is InChI=1S/C13H17NO3/c1-8-5-6-9(2)11(7-8)12(13(16)17)14(4)10(3)15/h5-7,12H,1-4H3,(H,16,17). The quantitative estimate of drug-likeness (QED) is 0.870. The molecule has 0 spiro atoms. The maximum Gasteiger partial charge on any atom is 0.331 e. The first-order valence-corrected chi connectivity index (χ1v) is 5.38. The number of hydrogen-bond donors (Lipinski definition) is 1. The molecule has 0 aliphatic heterocycles. The fraction of sp³-hybridized carbons (Fsp3) is 0.385. The van der Waals surface area contributed by atoms with Crippen LogP contribution in [0.1, 0.15) is 29.7 Å². The zero-order valence-corrected chi connectivity index (χ0v) is 10.5. The van der Waals surface area contributed by atoms with Crippen molar-refractivity contribution in [1.82, 2.24) is 4.90 Å². The fourth-order valence-corrected chi connectivity index (χ4v) is 1.74. The van der Waals surface area contributed by atoms with Gasteiger partial charge in [0.1, 0.15) is 0 Å². The second-order valence-electron chi connectivity index (χ2n) is 4.23. The zero-order valence-electron chi connectivity index (χ0n) is 10.5. The highest BCUT2D eigenvalue weighted by atomic mass is 16.4. The normalized spacial score (nSPS) is 12.0. The fourth-order valence-electron chi connectivity index (χ4n) is 1.74. The van der Waals surface area contributed by atoms with E-state index in [2.05, 4.69) is 0 Å². The van der Waals surface area contributed by atoms with E-state index < -0.39 is 12.0 Å². The van der Waals surface area contributed by atoms with Crippen molar-refractivity contribution in [3.05, 3.63) is 34.9 Å². The second kappa shape index (κ2) is 4.99. The van der Waals surface area contributed by atoms with E-state index in [0.29, 0.717) is 5.56 Å². The van der Waals surface area contributed by atoms with E-state index in [4.69, 9.17) is 0 Å². The largest absolute Gasteiger partial charge is 0.479 e. The maximum absolute atomic E-state index is 11.3. The van der Waals surface area contributed by atoms with Gasteiger partial charge in [-0.05, 0) is 25.0 Å². The Morgan fingerprint density at radius 2 is 1.88 bits per heavy atom. The Labute approximate surface area is 101 Å². The number of carboxylic acids is 1. The van der Waals surface area contributed by atoms with Crippen LogP contribution in [0.2, 0.25) is 0 Å². The van der Waals surface area contributed by atoms with Gasteiger partial charge in [0.15, 0.2) is 6.04 Å². The van der Waals surface area contributed by atoms with Crippen molar-refractivity contribution < 1.29 is 14.7 Å². The molecule has 0 radical (unpaired) electrons. The van der Waals surface area contributed by atoms with Crippen molar-refractivity contribution in [3.8, 4) is 0 Å². The average Bonchev–Trinajstić information content (AvgIpc) is 2.22. The maximum atomic E-state index is 11.3. The van der Waals surface area contributed by atoms with E-state index in [1.165, 1.54) is 18.9 Å². The van der Waals surface area contributed by atoms with Gasteiger partial charge in [0, 0.05) is 14.0 Å². The van der Waals surface area contributed by atoms with E-state index in [-0.39, 0.29) is 5.91 Å². The lowest BCUT2D eigenvalue weighted by atomic mass is 9.98. The molecule has 1 N–H and O–H groups in total. The van der Waals surface area contributed by atoms with Crippen LogP contribution >= 0.6 is 0 Å². The van der Waals surface area contributed by atoms with Gasteiger partial charge < -0.3 is 10.0 Å². The molecule has 0 aliphatic carbocycles. The molecule has 0 aliphatic rings. The summed E-state index contributed by atoms with van der Waals surface area (Å²) in [5.41, 5.74) is 2.51. The lowest BCUT2D eigenvalue weighted by Crippen LogP contribution is -2.34. The summed E-state index contributed by atoms with van der Waals surface area (Å²) in [7, 11) is 1.50. The van der Waals surface area contributed by atoms with Gasteiger partial charge in [-0.15, -0.1) is 0 Å². The number of carbonyl (C=O) groups is 2. The van der Waals surface area contributed by atoms with Crippen molar-refractivity contribution in [2.75, 3.05) is 7.05 Å². The third kappa shape index (κ3) is 2.84. The van der Waals surface area contributed by atoms with Gasteiger partial charge in [-0.2, -0.15) is 0 Å². The highest BCUT2D eigenvalue weighted by molar-refractivity contribution is 5.83. The lowest BCUT2D eigenvalue weighted by Gasteiger charge is -2.25. The number of amides is 1. The van der Waals surface area contributed by atoms with Gasteiger partial charge in [-0.25, -0.2) is 4.79 Å². The summed E-state index contributed by atoms with van der Waals surface area (Å²) in [4.78, 5) is 23.9. The first-order valence-electron chi connectivity index (χ1n) is 5.38. The minimum Gasteiger partial charge on any atom is -0.479 e. The summed E-state index contributed by atoms with van der Waals surface area (Å²) in [6, 6.07) is 4.68. The summed E-state index contributed by atoms with van der Waals surface area (Å²) < 4.78 is 0. The number of nitrogens with zero attached hydrogens (tertiary/aromatic N) is 1. The highest BCUT2D eigenvalue weighted by Gasteiger charge is 2.27. The molecule has 0 aromatic heterocycles. The third-order valence-corrected chi connectivity index (χ3v) is 2.85. The van der Waals surface area contributed by atoms with Crippen molar-refractivity contribution >= 4 is 11.9 Å². The number of aliphatic carboxylic acids is 1. The second-order valence-corrected chi connectivity index (χ2v) is 4.23. The minimum absolute atomic E-state index is 0.265. The molecule has 1 amide bonds. The van der Waals surface area contributed by atoms with Crippen LogP contribution in [0.5, 0.6) is 0 Å². The van der Waals surface area contributed by atoms with Crippen molar-refractivity contribution in [2.45, 2.75) is 26.8 Å². The molecular weight excluding hydrogens is 218 g/mol. The summed E-state index contributed by atoms with van der Waals surface area (Å²) in [6.45, 7) is 5.11. The minimum atomic E-state index is -1.02. The van der Waals surface area contributed by atoms with E-state index in [1.807, 2.05) is 32.0 Å². The van der Waals surface area contributed by atoms with Gasteiger partial charge in [0.05, 0.1) is 0 Å². The van der Waals surface area contributed by atoms with Gasteiger partial charge in [0.2, 0.25) is 5.91 Å². The first kappa shape index (κ1) is 13.2. The number of benzene rings is 1. The van der Waals surface area contributed by atoms with Crippen LogP contribution in [-0.4, -0.2) is 28.9 Å². The Kier molecular flexibility index (Phi) is 3.89. The Morgan fingerprint density at radius 1 is 1.29 bits per heavy atom. The SMILES string of the molecule is CC(=O)N(C)C(C(=O)O)c1cc(C)ccc1C. The number of hydrogen-bond acceptors (Lipinski definition) is 2. The first-order chi connectivity index (χ1) is 7.84. The Morgan fingerprint density at radius 3 is 2.35 bits per heavy atom. The summed E-state index contributed by atoms with van der Waals surface area (Å²) in [5, 5.41) is 9.27. The zero-order chi connectivity index (χ0) is 13.2. The van der Waals surface area contributed by atoms with Crippen LogP contribution in [-0.2, 0) is 9.59 Å². The number of aryl methyl sites for hydroxylation is 2. The monoisotopic (exact) mass is 235 g/mol. The molecule has 1 aromatic rings. The Hall–Kier alpha value is -1.84. The van der Waals surface area contributed by atoms with Gasteiger partial charge in [-0.3, -0.25) is 4.79 Å². The number of likely N-dealkylation sites (N-methyl/N-ethyl adjacent to an activating group) is 1. The molecule has 92 valence electrons. The van der Waals surface area contributed by atoms with Crippen LogP contribution < -0.4 is 0 Å². The topological polar surface area (TPSA) is 57.6 Å². The molecule has 1 rings (SSSR count). The average molecular weight is 235 g/mol. The van der Waals surface area contributed by atoms with Crippen molar-refractivity contribution in [2.24, 2.45) is 0 Å². The highest BCUT2D eigenvalue weighted by Crippen LogP contribution is 2.24. The molecule has 1 atom stereocenters. The van der Waals surface area contributed by atoms with Gasteiger partial charge >= 0.3 is 5.97 Å². The molecule has 17 heavy (non-hydrogen) atoms. The van der Waals surface area contributed by atoms with Crippen LogP contribution in [0.4, 0.5) is 0 Å². The van der Waals surface area contributed by atoms with Gasteiger partial charge in [-0.1, -0.05) is 23.8 Å². The summed E-state index contributed by atoms with van der Waals surface area (Å²) in [6.07, 6.45) is 0. The predicted octanol–water partition coefficient (Wildman–Crippen LogP) is 1.91. The van der Waals surface area contributed by atoms with E-state index in [1.54, 1.807) is 0 Å². The molecule has 0 fully saturated rings. The summed E-state index contributed by atoms with van der Waals surface area (Å²) in [5.74, 6) is -1.28. The molecule has 4 nitrogen and oxygen atoms in total. The van der Waals surface area contributed by atoms with Crippen LogP contribution in [0, 0.1) is 13.8 Å². The molecule has 0 bridgehead atoms. The van der Waals surface area contributed by atoms with E-state index in [9.17, 15) is 14.7 Å². The number of rotatable bonds is 3. The van der Waals surface area contributed by atoms with Crippen molar-refractivity contribution in [3.63, 3.8) is 0 Å². The number of carbonyl (C=O) groups excluding carboxylic acids is 1. The molecule has 0 heterocycles. The van der Waals surface area contributed by atoms with Crippen LogP contribution in [0.15, 0.2) is 18.2 Å². The molecule has 4 heteroatoms. The van der Waals surface area contributed by atoms with Crippen LogP contribution in [0.25, 0.3) is 0 Å². The molecule has 0 saturated carbocycles. The smallest absolute Gasteiger partial charge is 0.331 e. The lowest BCUT2D eigenvalue weighted by molar-refractivity contribution is -0.148. The Bertz CT molecular complexity index is 454. The summed E-state index contributed by atoms with van der Waals surface area (Å²) >= 11 is 0. The molecular formula is C13H17NO3. The third-order valence-electron chi connectivity index (χ3n) is 2.85. The molecule has 0 saturated heterocycles. The Balaban J connectivity index is 3.27. The van der Waals surface area contributed by atoms with Gasteiger partial charge in [0.25, 0.3) is 0 Å².